The number of hydrogen-bond acceptors (Lipinski definition) is 6. The first-order valence-corrected chi connectivity index (χ1v) is 9.59. The summed E-state index contributed by atoms with van der Waals surface area (Å²) in [6.07, 6.45) is 1.00. The Morgan fingerprint density at radius 1 is 1.25 bits per heavy atom. The van der Waals surface area contributed by atoms with Gasteiger partial charge in [0.05, 0.1) is 20.3 Å². The van der Waals surface area contributed by atoms with E-state index in [1.54, 1.807) is 18.2 Å². The average molecular weight is 393 g/mol. The number of morpholine rings is 1. The maximum atomic E-state index is 12.6. The summed E-state index contributed by atoms with van der Waals surface area (Å²) in [5.41, 5.74) is 5.56. The van der Waals surface area contributed by atoms with Crippen LogP contribution in [0.1, 0.15) is 30.6 Å². The minimum atomic E-state index is -0.580. The average Bonchev–Trinajstić information content (AvgIpc) is 2.69. The molecule has 2 rings (SSSR count). The minimum absolute atomic E-state index is 0.179. The second-order valence-electron chi connectivity index (χ2n) is 7.26. The molecule has 0 radical (unpaired) electrons. The van der Waals surface area contributed by atoms with Gasteiger partial charge in [-0.25, -0.2) is 0 Å². The Morgan fingerprint density at radius 2 is 1.96 bits per heavy atom. The first-order chi connectivity index (χ1) is 13.4. The van der Waals surface area contributed by atoms with Gasteiger partial charge in [-0.2, -0.15) is 0 Å². The van der Waals surface area contributed by atoms with Gasteiger partial charge >= 0.3 is 0 Å². The molecule has 1 atom stereocenters. The number of carbonyl (C=O) groups excluding carboxylic acids is 2. The normalized spacial score (nSPS) is 15.9. The van der Waals surface area contributed by atoms with Crippen molar-refractivity contribution in [2.24, 2.45) is 11.7 Å². The molecular formula is C20H31N3O5. The molecule has 8 heteroatoms. The summed E-state index contributed by atoms with van der Waals surface area (Å²) in [7, 11) is 1.48. The highest BCUT2D eigenvalue weighted by molar-refractivity contribution is 5.94. The predicted octanol–water partition coefficient (Wildman–Crippen LogP) is 1.04. The van der Waals surface area contributed by atoms with E-state index in [9.17, 15) is 9.59 Å². The van der Waals surface area contributed by atoms with Crippen LogP contribution in [0.4, 0.5) is 0 Å². The molecule has 1 saturated heterocycles. The summed E-state index contributed by atoms with van der Waals surface area (Å²) < 4.78 is 16.0. The van der Waals surface area contributed by atoms with Crippen LogP contribution in [0.3, 0.4) is 0 Å². The maximum absolute atomic E-state index is 12.6. The Hall–Kier alpha value is -2.32. The van der Waals surface area contributed by atoms with Gasteiger partial charge in [0.25, 0.3) is 11.8 Å². The first kappa shape index (κ1) is 22.0. The van der Waals surface area contributed by atoms with Crippen LogP contribution in [0.25, 0.3) is 0 Å². The Kier molecular flexibility index (Phi) is 8.53. The second kappa shape index (κ2) is 10.9. The fourth-order valence-corrected chi connectivity index (χ4v) is 3.24. The van der Waals surface area contributed by atoms with Gasteiger partial charge in [0.2, 0.25) is 0 Å². The summed E-state index contributed by atoms with van der Waals surface area (Å²) >= 11 is 0. The van der Waals surface area contributed by atoms with E-state index >= 15 is 0 Å². The number of benzene rings is 1. The fraction of sp³-hybridized carbons (Fsp3) is 0.600. The van der Waals surface area contributed by atoms with Crippen LogP contribution < -0.4 is 20.5 Å². The number of rotatable bonds is 10. The summed E-state index contributed by atoms with van der Waals surface area (Å²) in [4.78, 5) is 25.9. The molecule has 0 bridgehead atoms. The van der Waals surface area contributed by atoms with Crippen molar-refractivity contribution >= 4 is 11.8 Å². The summed E-state index contributed by atoms with van der Waals surface area (Å²) in [5.74, 6) is 0.515. The van der Waals surface area contributed by atoms with Crippen molar-refractivity contribution in [1.29, 1.82) is 0 Å². The number of amides is 2. The third-order valence-electron chi connectivity index (χ3n) is 4.60. The van der Waals surface area contributed by atoms with Crippen LogP contribution in [0.5, 0.6) is 11.5 Å². The zero-order valence-corrected chi connectivity index (χ0v) is 16.9. The van der Waals surface area contributed by atoms with Crippen molar-refractivity contribution in [1.82, 2.24) is 10.2 Å². The van der Waals surface area contributed by atoms with Gasteiger partial charge in [0, 0.05) is 31.2 Å². The number of carbonyl (C=O) groups is 2. The van der Waals surface area contributed by atoms with Crippen LogP contribution in [-0.4, -0.2) is 69.3 Å². The highest BCUT2D eigenvalue weighted by Crippen LogP contribution is 2.28. The van der Waals surface area contributed by atoms with Crippen molar-refractivity contribution in [3.8, 4) is 11.5 Å². The van der Waals surface area contributed by atoms with Gasteiger partial charge in [-0.05, 0) is 30.5 Å². The lowest BCUT2D eigenvalue weighted by molar-refractivity contribution is -0.119. The fourth-order valence-electron chi connectivity index (χ4n) is 3.24. The SMILES string of the molecule is COc1cc(C(=O)NCC(CC(C)C)N2CCOCC2)ccc1OCC(N)=O. The van der Waals surface area contributed by atoms with E-state index in [1.165, 1.54) is 7.11 Å². The molecular weight excluding hydrogens is 362 g/mol. The Bertz CT molecular complexity index is 659. The van der Waals surface area contributed by atoms with E-state index in [4.69, 9.17) is 19.9 Å². The quantitative estimate of drug-likeness (QED) is 0.616. The molecule has 0 aromatic heterocycles. The van der Waals surface area contributed by atoms with Crippen molar-refractivity contribution < 1.29 is 23.8 Å². The molecule has 0 spiro atoms. The van der Waals surface area contributed by atoms with Gasteiger partial charge in [-0.3, -0.25) is 14.5 Å². The molecule has 0 saturated carbocycles. The van der Waals surface area contributed by atoms with Crippen molar-refractivity contribution in [3.63, 3.8) is 0 Å². The van der Waals surface area contributed by atoms with E-state index in [0.29, 0.717) is 29.5 Å². The van der Waals surface area contributed by atoms with Crippen LogP contribution in [-0.2, 0) is 9.53 Å². The molecule has 1 aromatic rings. The molecule has 1 aromatic carbocycles. The molecule has 1 aliphatic rings. The Balaban J connectivity index is 2.00. The van der Waals surface area contributed by atoms with Crippen LogP contribution in [0.2, 0.25) is 0 Å². The molecule has 1 fully saturated rings. The minimum Gasteiger partial charge on any atom is -0.493 e. The van der Waals surface area contributed by atoms with Crippen molar-refractivity contribution in [2.75, 3.05) is 46.6 Å². The molecule has 0 aliphatic carbocycles. The summed E-state index contributed by atoms with van der Waals surface area (Å²) in [6, 6.07) is 5.11. The van der Waals surface area contributed by atoms with Crippen molar-refractivity contribution in [2.45, 2.75) is 26.3 Å². The molecule has 1 heterocycles. The topological polar surface area (TPSA) is 103 Å². The van der Waals surface area contributed by atoms with Crippen LogP contribution in [0.15, 0.2) is 18.2 Å². The number of nitrogens with zero attached hydrogens (tertiary/aromatic N) is 1. The lowest BCUT2D eigenvalue weighted by atomic mass is 10.0. The molecule has 2 amide bonds. The summed E-state index contributed by atoms with van der Waals surface area (Å²) in [6.45, 7) is 7.91. The smallest absolute Gasteiger partial charge is 0.255 e. The third-order valence-corrected chi connectivity index (χ3v) is 4.60. The first-order valence-electron chi connectivity index (χ1n) is 9.59. The van der Waals surface area contributed by atoms with Crippen molar-refractivity contribution in [3.05, 3.63) is 23.8 Å². The van der Waals surface area contributed by atoms with E-state index in [2.05, 4.69) is 24.1 Å². The highest BCUT2D eigenvalue weighted by Gasteiger charge is 2.23. The standard InChI is InChI=1S/C20H31N3O5/c1-14(2)10-16(23-6-8-27-9-7-23)12-22-20(25)15-4-5-17(18(11-15)26-3)28-13-19(21)24/h4-5,11,14,16H,6-10,12-13H2,1-3H3,(H2,21,24)(H,22,25). The monoisotopic (exact) mass is 393 g/mol. The van der Waals surface area contributed by atoms with E-state index in [1.807, 2.05) is 0 Å². The maximum Gasteiger partial charge on any atom is 0.255 e. The molecule has 8 nitrogen and oxygen atoms in total. The number of primary amides is 1. The Morgan fingerprint density at radius 3 is 2.57 bits per heavy atom. The highest BCUT2D eigenvalue weighted by atomic mass is 16.5. The zero-order chi connectivity index (χ0) is 20.5. The predicted molar refractivity (Wildman–Crippen MR) is 106 cm³/mol. The number of ether oxygens (including phenoxy) is 3. The van der Waals surface area contributed by atoms with Gasteiger partial charge in [0.15, 0.2) is 18.1 Å². The van der Waals surface area contributed by atoms with Gasteiger partial charge in [-0.15, -0.1) is 0 Å². The van der Waals surface area contributed by atoms with Gasteiger partial charge in [-0.1, -0.05) is 13.8 Å². The zero-order valence-electron chi connectivity index (χ0n) is 16.9. The molecule has 1 aliphatic heterocycles. The van der Waals surface area contributed by atoms with Gasteiger partial charge < -0.3 is 25.3 Å². The van der Waals surface area contributed by atoms with E-state index in [-0.39, 0.29) is 18.6 Å². The number of nitrogens with one attached hydrogen (secondary N) is 1. The number of nitrogens with two attached hydrogens (primary N) is 1. The van der Waals surface area contributed by atoms with E-state index < -0.39 is 5.91 Å². The summed E-state index contributed by atoms with van der Waals surface area (Å²) in [5, 5.41) is 3.03. The van der Waals surface area contributed by atoms with Crippen LogP contribution in [0, 0.1) is 5.92 Å². The largest absolute Gasteiger partial charge is 0.493 e. The number of hydrogen-bond donors (Lipinski definition) is 2. The van der Waals surface area contributed by atoms with E-state index in [0.717, 1.165) is 32.7 Å². The molecule has 1 unspecified atom stereocenters. The third kappa shape index (κ3) is 6.69. The molecule has 156 valence electrons. The van der Waals surface area contributed by atoms with Gasteiger partial charge in [0.1, 0.15) is 0 Å². The number of methoxy groups -OCH3 is 1. The molecule has 3 N–H and O–H groups in total. The molecule has 28 heavy (non-hydrogen) atoms. The second-order valence-corrected chi connectivity index (χ2v) is 7.26. The Labute approximate surface area is 166 Å². The van der Waals surface area contributed by atoms with Crippen LogP contribution >= 0.6 is 0 Å². The lowest BCUT2D eigenvalue weighted by Gasteiger charge is -2.35. The lowest BCUT2D eigenvalue weighted by Crippen LogP contribution is -2.49.